The topological polar surface area (TPSA) is 389 Å². The van der Waals surface area contributed by atoms with Gasteiger partial charge in [0.05, 0.1) is 39.8 Å². The first kappa shape index (κ1) is 58.8. The van der Waals surface area contributed by atoms with Gasteiger partial charge in [-0.15, -0.1) is 10.2 Å². The molecule has 0 bridgehead atoms. The van der Waals surface area contributed by atoms with Gasteiger partial charge >= 0.3 is 118 Å². The average Bonchev–Trinajstić information content (AvgIpc) is 3.09. The Balaban J connectivity index is 0.00000480. The van der Waals surface area contributed by atoms with Crippen molar-refractivity contribution in [2.45, 2.75) is 19.6 Å². The SMILES string of the molecule is COc1ccc(Nc2nc(Cl)nc(Nc3cc(S(=O)(=O)[O-])cc4cc(S(=O)(=O)[O-])c(N=Nc5ccccc5S(=O)(=O)[O-])c(O)c34)n2)cc1S(=O)(=O)CCOS(=O)(=O)[O-].[Na+].[Na+].[Na+].[Na+]. The maximum atomic E-state index is 13.0. The molecule has 3 N–H and O–H groups in total. The second-order valence-corrected chi connectivity index (χ2v) is 18.6. The molecule has 0 radical (unpaired) electrons. The van der Waals surface area contributed by atoms with Gasteiger partial charge in [-0.1, -0.05) is 12.1 Å². The quantitative estimate of drug-likeness (QED) is 0.0379. The van der Waals surface area contributed by atoms with E-state index in [0.29, 0.717) is 18.2 Å². The molecule has 1 heterocycles. The molecule has 34 heteroatoms. The summed E-state index contributed by atoms with van der Waals surface area (Å²) < 4.78 is 176. The molecule has 0 aliphatic heterocycles. The Labute approximate surface area is 446 Å². The molecule has 1 aromatic heterocycles. The number of benzene rings is 4. The number of hydrogen-bond acceptors (Lipinski definition) is 24. The Hall–Kier alpha value is -1.21. The van der Waals surface area contributed by atoms with Crippen LogP contribution < -0.4 is 134 Å². The van der Waals surface area contributed by atoms with Crippen molar-refractivity contribution in [3.05, 3.63) is 65.9 Å². The molecule has 0 saturated heterocycles. The molecule has 24 nitrogen and oxygen atoms in total. The molecule has 0 unspecified atom stereocenters. The van der Waals surface area contributed by atoms with Gasteiger partial charge in [0.15, 0.2) is 15.6 Å². The summed E-state index contributed by atoms with van der Waals surface area (Å²) in [6.07, 6.45) is 0. The first-order valence-corrected chi connectivity index (χ1v) is 22.5. The number of ether oxygens (including phenoxy) is 1. The number of aromatic nitrogens is 3. The van der Waals surface area contributed by atoms with Gasteiger partial charge < -0.3 is 38.7 Å². The third kappa shape index (κ3) is 15.2. The number of phenols is 1. The van der Waals surface area contributed by atoms with Crippen LogP contribution in [-0.4, -0.2) is 99.8 Å². The first-order valence-electron chi connectivity index (χ1n) is 15.0. The van der Waals surface area contributed by atoms with Crippen LogP contribution in [0.25, 0.3) is 10.8 Å². The van der Waals surface area contributed by atoms with E-state index in [1.54, 1.807) is 0 Å². The summed E-state index contributed by atoms with van der Waals surface area (Å²) in [7, 11) is -24.6. The van der Waals surface area contributed by atoms with Crippen LogP contribution in [-0.2, 0) is 54.8 Å². The van der Waals surface area contributed by atoms with E-state index in [-0.39, 0.29) is 130 Å². The molecular formula is C28H20ClN7Na4O17S5. The van der Waals surface area contributed by atoms with Crippen LogP contribution in [0.2, 0.25) is 5.28 Å². The number of anilines is 4. The second kappa shape index (κ2) is 23.0. The summed E-state index contributed by atoms with van der Waals surface area (Å²) in [6.45, 7) is -1.02. The van der Waals surface area contributed by atoms with E-state index in [4.69, 9.17) is 16.3 Å². The summed E-state index contributed by atoms with van der Waals surface area (Å²) >= 11 is 6.09. The molecule has 0 aliphatic carbocycles. The number of rotatable bonds is 15. The predicted octanol–water partition coefficient (Wildman–Crippen LogP) is -9.73. The van der Waals surface area contributed by atoms with Crippen LogP contribution >= 0.6 is 11.6 Å². The summed E-state index contributed by atoms with van der Waals surface area (Å²) in [5, 5.41) is 21.8. The number of phenolic OH excluding ortho intramolecular Hbond substituents is 1. The van der Waals surface area contributed by atoms with Crippen LogP contribution in [0.3, 0.4) is 0 Å². The molecule has 0 amide bonds. The summed E-state index contributed by atoms with van der Waals surface area (Å²) in [6, 6.07) is 9.44. The number of fused-ring (bicyclic) bond motifs is 1. The van der Waals surface area contributed by atoms with E-state index >= 15 is 0 Å². The van der Waals surface area contributed by atoms with Crippen LogP contribution in [0.5, 0.6) is 11.5 Å². The Kier molecular flexibility index (Phi) is 21.8. The fraction of sp³-hybridized carbons (Fsp3) is 0.107. The van der Waals surface area contributed by atoms with Crippen LogP contribution in [0.4, 0.5) is 34.6 Å². The smallest absolute Gasteiger partial charge is 0.744 e. The zero-order valence-electron chi connectivity index (χ0n) is 32.3. The van der Waals surface area contributed by atoms with Gasteiger partial charge in [0, 0.05) is 11.1 Å². The van der Waals surface area contributed by atoms with Crippen LogP contribution in [0, 0.1) is 0 Å². The minimum atomic E-state index is -5.62. The van der Waals surface area contributed by atoms with Gasteiger partial charge in [0.1, 0.15) is 52.4 Å². The third-order valence-electron chi connectivity index (χ3n) is 7.26. The van der Waals surface area contributed by atoms with Crippen molar-refractivity contribution in [2.24, 2.45) is 10.2 Å². The van der Waals surface area contributed by atoms with Crippen LogP contribution in [0.1, 0.15) is 0 Å². The van der Waals surface area contributed by atoms with Gasteiger partial charge in [-0.25, -0.2) is 42.1 Å². The van der Waals surface area contributed by atoms with Crippen molar-refractivity contribution in [1.82, 2.24) is 15.0 Å². The number of nitrogens with zero attached hydrogens (tertiary/aromatic N) is 5. The van der Waals surface area contributed by atoms with Crippen molar-refractivity contribution in [3.63, 3.8) is 0 Å². The molecule has 0 aliphatic rings. The largest absolute Gasteiger partial charge is 1.00 e. The minimum absolute atomic E-state index is 0. The van der Waals surface area contributed by atoms with E-state index in [1.807, 2.05) is 0 Å². The Bertz CT molecular complexity index is 3100. The van der Waals surface area contributed by atoms with Crippen LogP contribution in [0.15, 0.2) is 90.5 Å². The maximum Gasteiger partial charge on any atom is 1.00 e. The van der Waals surface area contributed by atoms with E-state index < -0.39 is 133 Å². The van der Waals surface area contributed by atoms with Gasteiger partial charge in [0.25, 0.3) is 0 Å². The van der Waals surface area contributed by atoms with Gasteiger partial charge in [-0.05, 0) is 65.5 Å². The average molecular weight is 1010 g/mol. The number of methoxy groups -OCH3 is 1. The fourth-order valence-electron chi connectivity index (χ4n) is 4.91. The first-order chi connectivity index (χ1) is 26.8. The summed E-state index contributed by atoms with van der Waals surface area (Å²) in [5.41, 5.74) is -2.40. The molecule has 0 atom stereocenters. The number of nitrogens with one attached hydrogen (secondary N) is 2. The zero-order valence-corrected chi connectivity index (χ0v) is 45.2. The summed E-state index contributed by atoms with van der Waals surface area (Å²) in [4.78, 5) is 7.93. The number of hydrogen-bond donors (Lipinski definition) is 3. The molecule has 5 aromatic rings. The van der Waals surface area contributed by atoms with E-state index in [0.717, 1.165) is 31.4 Å². The normalized spacial score (nSPS) is 12.0. The third-order valence-corrected chi connectivity index (χ3v) is 12.1. The molecular weight excluding hydrogens is 994 g/mol. The van der Waals surface area contributed by atoms with Crippen molar-refractivity contribution in [2.75, 3.05) is 30.1 Å². The van der Waals surface area contributed by atoms with Crippen molar-refractivity contribution >= 4 is 108 Å². The molecule has 0 saturated carbocycles. The van der Waals surface area contributed by atoms with Gasteiger partial charge in [-0.2, -0.15) is 15.0 Å². The number of sulfone groups is 1. The molecule has 0 fully saturated rings. The molecule has 310 valence electrons. The van der Waals surface area contributed by atoms with Gasteiger partial charge in [0.2, 0.25) is 27.6 Å². The molecule has 5 rings (SSSR count). The Morgan fingerprint density at radius 3 is 1.87 bits per heavy atom. The number of azo groups is 1. The summed E-state index contributed by atoms with van der Waals surface area (Å²) in [5.74, 6) is -3.42. The van der Waals surface area contributed by atoms with Gasteiger partial charge in [-0.3, -0.25) is 4.18 Å². The van der Waals surface area contributed by atoms with E-state index in [2.05, 4.69) is 40.0 Å². The minimum Gasteiger partial charge on any atom is -0.744 e. The molecule has 0 spiro atoms. The second-order valence-electron chi connectivity index (χ2n) is 11.1. The monoisotopic (exact) mass is 1010 g/mol. The number of halogens is 1. The number of aromatic hydroxyl groups is 1. The molecule has 62 heavy (non-hydrogen) atoms. The maximum absolute atomic E-state index is 13.0. The van der Waals surface area contributed by atoms with Crippen molar-refractivity contribution in [1.29, 1.82) is 0 Å². The zero-order chi connectivity index (χ0) is 43.0. The predicted molar refractivity (Wildman–Crippen MR) is 192 cm³/mol. The standard InChI is InChI=1S/C28H24ClN7O17S5.4Na/c1-52-19-7-6-15(12-21(19)54(38,39)9-8-53-58(49,50)51)30-27-32-26(29)33-28(34-27)31-18-13-16(55(40,41)42)10-14-11-22(57(46,47)48)24(25(37)23(14)18)36-35-17-4-2-3-5-20(17)56(43,44)45;;;;/h2-7,10-13,37H,8-9H2,1H3,(H,40,41,42)(H,43,44,45)(H,46,47,48)(H,49,50,51)(H2,30,31,32,33,34);;;;/q;4*+1/p-4. The van der Waals surface area contributed by atoms with Crippen molar-refractivity contribution in [3.8, 4) is 11.5 Å². The Morgan fingerprint density at radius 2 is 1.31 bits per heavy atom. The fourth-order valence-corrected chi connectivity index (χ4v) is 8.54. The Morgan fingerprint density at radius 1 is 0.710 bits per heavy atom. The van der Waals surface area contributed by atoms with E-state index in [1.165, 1.54) is 18.2 Å². The molecule has 4 aromatic carbocycles. The van der Waals surface area contributed by atoms with E-state index in [9.17, 15) is 65.4 Å². The van der Waals surface area contributed by atoms with Crippen molar-refractivity contribution < 1.29 is 193 Å².